The first-order valence-electron chi connectivity index (χ1n) is 29.7. The highest BCUT2D eigenvalue weighted by molar-refractivity contribution is 5.98. The van der Waals surface area contributed by atoms with Crippen molar-refractivity contribution in [1.82, 2.24) is 0 Å². The number of hydrogen-bond donors (Lipinski definition) is 0. The van der Waals surface area contributed by atoms with E-state index in [0.29, 0.717) is 19.8 Å². The van der Waals surface area contributed by atoms with Crippen molar-refractivity contribution in [2.75, 3.05) is 26.4 Å². The Morgan fingerprint density at radius 3 is 1.85 bits per heavy atom. The molecule has 446 valence electrons. The van der Waals surface area contributed by atoms with E-state index >= 15 is 0 Å². The average Bonchev–Trinajstić information content (AvgIpc) is 3.22. The second kappa shape index (κ2) is 33.9. The van der Waals surface area contributed by atoms with Gasteiger partial charge in [-0.2, -0.15) is 0 Å². The fourth-order valence-electron chi connectivity index (χ4n) is 11.2. The molecule has 7 rings (SSSR count). The van der Waals surface area contributed by atoms with Gasteiger partial charge in [-0.1, -0.05) is 144 Å². The zero-order valence-electron chi connectivity index (χ0n) is 48.3. The van der Waals surface area contributed by atoms with Crippen molar-refractivity contribution >= 4 is 31.7 Å². The lowest BCUT2D eigenvalue weighted by Gasteiger charge is -2.50. The Labute approximate surface area is 484 Å². The summed E-state index contributed by atoms with van der Waals surface area (Å²) in [6.45, 7) is 10.3. The van der Waals surface area contributed by atoms with Gasteiger partial charge in [0.05, 0.1) is 35.5 Å². The van der Waals surface area contributed by atoms with Gasteiger partial charge in [0.15, 0.2) is 24.8 Å². The van der Waals surface area contributed by atoms with Crippen molar-refractivity contribution in [3.8, 4) is 0 Å². The van der Waals surface area contributed by atoms with Crippen LogP contribution in [0.4, 0.5) is 0 Å². The van der Waals surface area contributed by atoms with Gasteiger partial charge in [-0.25, -0.2) is 14.4 Å². The van der Waals surface area contributed by atoms with Crippen LogP contribution < -0.4 is 0 Å². The normalized spacial score (nSPS) is 28.9. The smallest absolute Gasteiger partial charge is 0.338 e. The third kappa shape index (κ3) is 18.4. The van der Waals surface area contributed by atoms with Crippen LogP contribution in [-0.2, 0) is 73.0 Å². The van der Waals surface area contributed by atoms with Crippen LogP contribution in [0.15, 0.2) is 96.1 Å². The highest BCUT2D eigenvalue weighted by atomic mass is 16.8. The van der Waals surface area contributed by atoms with Gasteiger partial charge in [0.2, 0.25) is 0 Å². The summed E-state index contributed by atoms with van der Waals surface area (Å²) in [5.41, 5.74) is 11.3. The van der Waals surface area contributed by atoms with Crippen molar-refractivity contribution in [2.24, 2.45) is 17.0 Å². The van der Waals surface area contributed by atoms with Crippen LogP contribution in [0, 0.1) is 11.8 Å². The van der Waals surface area contributed by atoms with E-state index in [-0.39, 0.29) is 48.7 Å². The minimum absolute atomic E-state index is 0.0269. The molecule has 14 unspecified atom stereocenters. The number of carbonyl (C=O) groups is 4. The fourth-order valence-corrected chi connectivity index (χ4v) is 11.2. The molecule has 0 N–H and O–H groups in total. The van der Waals surface area contributed by atoms with Crippen LogP contribution in [0.2, 0.25) is 0 Å². The molecule has 2 saturated heterocycles. The summed E-state index contributed by atoms with van der Waals surface area (Å²) >= 11 is 0. The molecular weight excluding hydrogens is 1050 g/mol. The van der Waals surface area contributed by atoms with E-state index in [2.05, 4.69) is 30.8 Å². The molecule has 4 fully saturated rings. The number of Topliss-reactive ketones (excluding diaryl/α,β-unsaturated/α-hetero) is 1. The maximum Gasteiger partial charge on any atom is 0.338 e. The Balaban J connectivity index is 1.30. The summed E-state index contributed by atoms with van der Waals surface area (Å²) in [6.07, 6.45) is -4.70. The molecule has 19 nitrogen and oxygen atoms in total. The molecular formula is C62H84BN3O16. The van der Waals surface area contributed by atoms with Crippen molar-refractivity contribution in [3.05, 3.63) is 118 Å². The molecule has 0 aromatic heterocycles. The van der Waals surface area contributed by atoms with Crippen molar-refractivity contribution in [3.63, 3.8) is 0 Å². The lowest BCUT2D eigenvalue weighted by Crippen LogP contribution is -2.65. The maximum atomic E-state index is 14.6. The highest BCUT2D eigenvalue weighted by Crippen LogP contribution is 2.40. The molecule has 15 atom stereocenters. The van der Waals surface area contributed by atoms with Crippen molar-refractivity contribution < 1.29 is 75.9 Å². The number of ether oxygens (including phenoxy) is 11. The number of nitrogens with zero attached hydrogens (tertiary/aromatic N) is 3. The van der Waals surface area contributed by atoms with Gasteiger partial charge in [-0.3, -0.25) is 4.79 Å². The Hall–Kier alpha value is -5.25. The lowest BCUT2D eigenvalue weighted by atomic mass is 9.80. The number of benzene rings is 3. The largest absolute Gasteiger partial charge is 0.459 e. The SMILES string of the molecule is [B]OC1C(OC2CC(C(C)=O)CC(N=[N+]=[N-])C2OC2OC(C)C(OCCCC)C(OCCCC)C2OCCCC)OC(COC(=O)c2ccccc2)C(OC(=O)c2ccccc2)C1O[C@@H](CC1CCCCC1)C(=O)OCc1ccccc1. The number of azide groups is 1. The minimum Gasteiger partial charge on any atom is -0.459 e. The molecule has 2 aliphatic carbocycles. The Kier molecular flexibility index (Phi) is 26.6. The van der Waals surface area contributed by atoms with Crippen molar-refractivity contribution in [1.29, 1.82) is 0 Å². The molecule has 82 heavy (non-hydrogen) atoms. The standard InChI is InChI=1S/C62H84BN3O16/c1-6-9-32-71-51-41(5)76-61(56(73-34-11-8-3)54(51)72-33-10-7-2)81-52-47(65-66-64)36-46(40(4)67)37-48(52)78-62-57(82-63)55(77-49(35-42-24-16-12-17-25-42)60(70)74-38-43-26-18-13-19-27-43)53(80-59(69)45-30-22-15-23-31-45)50(79-62)39-75-58(68)44-28-20-14-21-29-44/h13-15,18-23,26-31,41-42,46-57,61-62H,6-12,16-17,24-25,32-39H2,1-5H3/t41?,46?,47?,48?,49-,50?,51?,52?,53?,54?,55?,56?,57?,61?,62?/m0/s1. The van der Waals surface area contributed by atoms with Crippen LogP contribution in [0.3, 0.4) is 0 Å². The van der Waals surface area contributed by atoms with E-state index in [4.69, 9.17) is 64.8 Å². The van der Waals surface area contributed by atoms with Gasteiger partial charge in [-0.15, -0.1) is 0 Å². The van der Waals surface area contributed by atoms with E-state index in [1.165, 1.54) is 6.92 Å². The first-order valence-corrected chi connectivity index (χ1v) is 29.7. The van der Waals surface area contributed by atoms with Gasteiger partial charge in [0.25, 0.3) is 8.05 Å². The molecule has 0 amide bonds. The van der Waals surface area contributed by atoms with Gasteiger partial charge < -0.3 is 56.8 Å². The molecule has 20 heteroatoms. The number of ketones is 1. The number of esters is 3. The number of unbranched alkanes of at least 4 members (excludes halogenated alkanes) is 3. The van der Waals surface area contributed by atoms with Gasteiger partial charge >= 0.3 is 17.9 Å². The zero-order valence-corrected chi connectivity index (χ0v) is 48.3. The van der Waals surface area contributed by atoms with Crippen LogP contribution in [0.25, 0.3) is 10.4 Å². The molecule has 2 aliphatic heterocycles. The van der Waals surface area contributed by atoms with E-state index in [1.54, 1.807) is 60.7 Å². The summed E-state index contributed by atoms with van der Waals surface area (Å²) in [5.74, 6) is -3.00. The first kappa shape index (κ1) is 64.3. The molecule has 3 aromatic rings. The third-order valence-corrected chi connectivity index (χ3v) is 15.8. The molecule has 4 aliphatic rings. The lowest BCUT2D eigenvalue weighted by molar-refractivity contribution is -0.351. The number of carbonyl (C=O) groups excluding carboxylic acids is 4. The molecule has 2 radical (unpaired) electrons. The van der Waals surface area contributed by atoms with Crippen LogP contribution in [0.5, 0.6) is 0 Å². The minimum atomic E-state index is -1.60. The van der Waals surface area contributed by atoms with Gasteiger partial charge in [-0.05, 0) is 93.7 Å². The third-order valence-electron chi connectivity index (χ3n) is 15.8. The molecule has 2 heterocycles. The van der Waals surface area contributed by atoms with Crippen molar-refractivity contribution in [2.45, 2.75) is 217 Å². The summed E-state index contributed by atoms with van der Waals surface area (Å²) in [6, 6.07) is 24.8. The summed E-state index contributed by atoms with van der Waals surface area (Å²) < 4.78 is 78.7. The van der Waals surface area contributed by atoms with E-state index < -0.39 is 116 Å². The van der Waals surface area contributed by atoms with Gasteiger partial charge in [0, 0.05) is 30.7 Å². The van der Waals surface area contributed by atoms with E-state index in [9.17, 15) is 24.7 Å². The fraction of sp³-hybridized carbons (Fsp3) is 0.645. The van der Waals surface area contributed by atoms with E-state index in [1.807, 2.05) is 37.3 Å². The Morgan fingerprint density at radius 1 is 0.671 bits per heavy atom. The highest BCUT2D eigenvalue weighted by Gasteiger charge is 2.55. The molecule has 2 saturated carbocycles. The monoisotopic (exact) mass is 1140 g/mol. The first-order chi connectivity index (χ1) is 40.0. The topological polar surface area (TPSA) is 228 Å². The second-order valence-electron chi connectivity index (χ2n) is 21.9. The number of hydrogen-bond acceptors (Lipinski definition) is 17. The second-order valence-corrected chi connectivity index (χ2v) is 21.9. The quantitative estimate of drug-likeness (QED) is 0.0111. The molecule has 0 bridgehead atoms. The van der Waals surface area contributed by atoms with E-state index in [0.717, 1.165) is 76.2 Å². The summed E-state index contributed by atoms with van der Waals surface area (Å²) in [5, 5.41) is 4.23. The Bertz CT molecular complexity index is 2440. The summed E-state index contributed by atoms with van der Waals surface area (Å²) in [4.78, 5) is 59.5. The molecule has 3 aromatic carbocycles. The Morgan fingerprint density at radius 2 is 1.26 bits per heavy atom. The predicted octanol–water partition coefficient (Wildman–Crippen LogP) is 10.5. The van der Waals surface area contributed by atoms with Crippen LogP contribution >= 0.6 is 0 Å². The zero-order chi connectivity index (χ0) is 58.2. The predicted molar refractivity (Wildman–Crippen MR) is 302 cm³/mol. The maximum absolute atomic E-state index is 14.6. The number of rotatable bonds is 31. The average molecular weight is 1140 g/mol. The van der Waals surface area contributed by atoms with Crippen LogP contribution in [0.1, 0.15) is 151 Å². The van der Waals surface area contributed by atoms with Gasteiger partial charge in [0.1, 0.15) is 55.6 Å². The summed E-state index contributed by atoms with van der Waals surface area (Å²) in [7, 11) is 6.36. The molecule has 0 spiro atoms. The van der Waals surface area contributed by atoms with Crippen LogP contribution in [-0.4, -0.2) is 144 Å².